The van der Waals surface area contributed by atoms with E-state index in [-0.39, 0.29) is 18.0 Å². The van der Waals surface area contributed by atoms with E-state index in [1.807, 2.05) is 59.6 Å². The monoisotopic (exact) mass is 683 g/mol. The number of piperidine rings is 2. The number of fused-ring (bicyclic) bond motifs is 2. The van der Waals surface area contributed by atoms with Crippen molar-refractivity contribution >= 4 is 65.2 Å². The molecule has 1 unspecified atom stereocenters. The van der Waals surface area contributed by atoms with Crippen LogP contribution < -0.4 is 15.1 Å². The Labute approximate surface area is 288 Å². The molecule has 3 fully saturated rings. The van der Waals surface area contributed by atoms with E-state index in [0.29, 0.717) is 6.42 Å². The zero-order valence-electron chi connectivity index (χ0n) is 26.9. The van der Waals surface area contributed by atoms with E-state index in [4.69, 9.17) is 4.98 Å². The lowest BCUT2D eigenvalue weighted by Crippen LogP contribution is -2.52. The number of rotatable bonds is 7. The van der Waals surface area contributed by atoms with Gasteiger partial charge in [-0.15, -0.1) is 0 Å². The fourth-order valence-corrected chi connectivity index (χ4v) is 9.04. The van der Waals surface area contributed by atoms with Crippen LogP contribution in [0.4, 0.5) is 10.3 Å². The summed E-state index contributed by atoms with van der Waals surface area (Å²) in [6, 6.07) is 19.9. The van der Waals surface area contributed by atoms with Crippen LogP contribution in [0.1, 0.15) is 50.5 Å². The van der Waals surface area contributed by atoms with E-state index >= 15 is 0 Å². The first-order valence-corrected chi connectivity index (χ1v) is 18.5. The van der Waals surface area contributed by atoms with Gasteiger partial charge < -0.3 is 20.2 Å². The lowest BCUT2D eigenvalue weighted by molar-refractivity contribution is -0.139. The molecule has 12 heteroatoms. The number of thiazole rings is 2. The minimum Gasteiger partial charge on any atom is -0.480 e. The number of carbonyl (C=O) groups is 2. The molecule has 6 heterocycles. The molecular formula is C36H41N7O3S2. The van der Waals surface area contributed by atoms with E-state index < -0.39 is 12.0 Å². The number of carboxylic acids is 1. The van der Waals surface area contributed by atoms with Crippen molar-refractivity contribution < 1.29 is 14.7 Å². The van der Waals surface area contributed by atoms with Crippen molar-refractivity contribution in [1.82, 2.24) is 25.2 Å². The molecule has 0 saturated carbocycles. The highest BCUT2D eigenvalue weighted by atomic mass is 32.1. The highest BCUT2D eigenvalue weighted by Gasteiger charge is 2.34. The summed E-state index contributed by atoms with van der Waals surface area (Å²) in [5.41, 5.74) is 3.19. The summed E-state index contributed by atoms with van der Waals surface area (Å²) in [5.74, 6) is -0.587. The van der Waals surface area contributed by atoms with Gasteiger partial charge in [-0.1, -0.05) is 53.0 Å². The highest BCUT2D eigenvalue weighted by molar-refractivity contribution is 7.22. The zero-order chi connectivity index (χ0) is 32.9. The first kappa shape index (κ1) is 32.4. The summed E-state index contributed by atoms with van der Waals surface area (Å²) in [4.78, 5) is 44.6. The van der Waals surface area contributed by atoms with Crippen LogP contribution in [0.2, 0.25) is 0 Å². The molecule has 250 valence electrons. The summed E-state index contributed by atoms with van der Waals surface area (Å²) < 4.78 is 2.29. The minimum atomic E-state index is -0.742. The molecule has 0 bridgehead atoms. The van der Waals surface area contributed by atoms with Crippen LogP contribution in [0.3, 0.4) is 0 Å². The second kappa shape index (κ2) is 15.0. The molecule has 0 radical (unpaired) electrons. The number of carbonyl (C=O) groups excluding carboxylic acids is 1. The van der Waals surface area contributed by atoms with Crippen molar-refractivity contribution in [3.05, 3.63) is 78.6 Å². The molecule has 3 aliphatic rings. The maximum atomic E-state index is 13.2. The lowest BCUT2D eigenvalue weighted by Gasteiger charge is -2.35. The molecule has 3 atom stereocenters. The SMILES string of the molecule is O=C(NC1CCN(Cc2cccnc2)C1)[C@@H]1CCCCN1c1nc2ccccc2s1.O=C(O)[C@@H]1CCCCN1c1nc2ccccc2s1. The van der Waals surface area contributed by atoms with E-state index in [1.165, 1.54) is 10.3 Å². The number of anilines is 2. The van der Waals surface area contributed by atoms with Crippen LogP contribution in [0.5, 0.6) is 0 Å². The van der Waals surface area contributed by atoms with Crippen molar-refractivity contribution in [3.63, 3.8) is 0 Å². The van der Waals surface area contributed by atoms with Crippen LogP contribution in [-0.2, 0) is 16.1 Å². The molecule has 48 heavy (non-hydrogen) atoms. The zero-order valence-corrected chi connectivity index (χ0v) is 28.5. The predicted octanol–water partition coefficient (Wildman–Crippen LogP) is 6.18. The molecule has 10 nitrogen and oxygen atoms in total. The van der Waals surface area contributed by atoms with Crippen LogP contribution >= 0.6 is 22.7 Å². The van der Waals surface area contributed by atoms with Crippen molar-refractivity contribution in [3.8, 4) is 0 Å². The first-order chi connectivity index (χ1) is 23.5. The number of likely N-dealkylation sites (tertiary alicyclic amines) is 1. The smallest absolute Gasteiger partial charge is 0.326 e. The lowest BCUT2D eigenvalue weighted by atomic mass is 10.0. The number of pyridine rings is 1. The third-order valence-electron chi connectivity index (χ3n) is 9.40. The van der Waals surface area contributed by atoms with Gasteiger partial charge in [0.1, 0.15) is 12.1 Å². The summed E-state index contributed by atoms with van der Waals surface area (Å²) in [6.07, 6.45) is 10.6. The van der Waals surface area contributed by atoms with Gasteiger partial charge in [0.15, 0.2) is 10.3 Å². The quantitative estimate of drug-likeness (QED) is 0.208. The molecule has 5 aromatic rings. The number of hydrogen-bond donors (Lipinski definition) is 2. The Bertz CT molecular complexity index is 1780. The second-order valence-corrected chi connectivity index (χ2v) is 14.8. The maximum absolute atomic E-state index is 13.2. The average Bonchev–Trinajstić information content (AvgIpc) is 3.87. The first-order valence-electron chi connectivity index (χ1n) is 16.9. The molecule has 2 aromatic carbocycles. The Kier molecular flexibility index (Phi) is 10.1. The molecule has 3 saturated heterocycles. The van der Waals surface area contributed by atoms with E-state index in [0.717, 1.165) is 97.2 Å². The Morgan fingerprint density at radius 3 is 2.00 bits per heavy atom. The standard InChI is InChI=1S/C23H27N5OS.C13H14N2O2S/c29-22(25-18-10-13-27(16-18)15-17-6-5-11-24-14-17)20-8-3-4-12-28(20)23-26-19-7-1-2-9-21(19)30-23;16-12(17)10-6-3-4-8-15(10)13-14-9-5-1-2-7-11(9)18-13/h1-2,5-7,9,11,14,18,20H,3-4,8,10,12-13,15-16H2,(H,25,29);1-2,5,7,10H,3-4,6,8H2,(H,16,17)/t18?,20-;10-/m00/s1. The van der Waals surface area contributed by atoms with Crippen LogP contribution in [0, 0.1) is 0 Å². The Morgan fingerprint density at radius 1 is 0.771 bits per heavy atom. The highest BCUT2D eigenvalue weighted by Crippen LogP contribution is 2.34. The van der Waals surface area contributed by atoms with Gasteiger partial charge in [0.05, 0.1) is 20.4 Å². The molecule has 3 aliphatic heterocycles. The molecule has 0 aliphatic carbocycles. The summed E-state index contributed by atoms with van der Waals surface area (Å²) in [6.45, 7) is 4.48. The number of nitrogens with one attached hydrogen (secondary N) is 1. The number of amides is 1. The maximum Gasteiger partial charge on any atom is 0.326 e. The third-order valence-corrected chi connectivity index (χ3v) is 11.5. The largest absolute Gasteiger partial charge is 0.480 e. The number of carboxylic acid groups (broad SMARTS) is 1. The topological polar surface area (TPSA) is 115 Å². The van der Waals surface area contributed by atoms with Gasteiger partial charge in [-0.25, -0.2) is 14.8 Å². The number of hydrogen-bond acceptors (Lipinski definition) is 10. The molecule has 2 N–H and O–H groups in total. The Balaban J connectivity index is 0.000000172. The van der Waals surface area contributed by atoms with Gasteiger partial charge in [0.25, 0.3) is 0 Å². The van der Waals surface area contributed by atoms with Crippen LogP contribution in [0.15, 0.2) is 73.1 Å². The predicted molar refractivity (Wildman–Crippen MR) is 193 cm³/mol. The van der Waals surface area contributed by atoms with Crippen molar-refractivity contribution in [2.45, 2.75) is 69.6 Å². The number of para-hydroxylation sites is 2. The minimum absolute atomic E-state index is 0.119. The van der Waals surface area contributed by atoms with Crippen molar-refractivity contribution in [2.24, 2.45) is 0 Å². The van der Waals surface area contributed by atoms with Crippen molar-refractivity contribution in [1.29, 1.82) is 0 Å². The van der Waals surface area contributed by atoms with Gasteiger partial charge in [-0.3, -0.25) is 14.7 Å². The summed E-state index contributed by atoms with van der Waals surface area (Å²) >= 11 is 3.27. The van der Waals surface area contributed by atoms with Crippen molar-refractivity contribution in [2.75, 3.05) is 36.0 Å². The molecular weight excluding hydrogens is 643 g/mol. The van der Waals surface area contributed by atoms with Gasteiger partial charge in [-0.05, 0) is 80.8 Å². The summed E-state index contributed by atoms with van der Waals surface area (Å²) in [7, 11) is 0. The van der Waals surface area contributed by atoms with Crippen LogP contribution in [0.25, 0.3) is 20.4 Å². The normalized spacial score (nSPS) is 21.6. The summed E-state index contributed by atoms with van der Waals surface area (Å²) in [5, 5.41) is 14.4. The van der Waals surface area contributed by atoms with Crippen LogP contribution in [-0.4, -0.2) is 81.1 Å². The van der Waals surface area contributed by atoms with E-state index in [2.05, 4.69) is 37.2 Å². The van der Waals surface area contributed by atoms with Gasteiger partial charge in [-0.2, -0.15) is 0 Å². The number of nitrogens with zero attached hydrogens (tertiary/aromatic N) is 6. The molecule has 3 aromatic heterocycles. The third kappa shape index (κ3) is 7.45. The molecule has 1 amide bonds. The average molecular weight is 684 g/mol. The fraction of sp³-hybridized carbons (Fsp3) is 0.417. The molecule has 0 spiro atoms. The van der Waals surface area contributed by atoms with Gasteiger partial charge in [0, 0.05) is 51.2 Å². The number of aromatic nitrogens is 3. The Hall–Kier alpha value is -4.13. The molecule has 8 rings (SSSR count). The number of benzene rings is 2. The van der Waals surface area contributed by atoms with E-state index in [1.54, 1.807) is 28.9 Å². The second-order valence-electron chi connectivity index (χ2n) is 12.8. The Morgan fingerprint density at radius 2 is 1.40 bits per heavy atom. The van der Waals surface area contributed by atoms with E-state index in [9.17, 15) is 14.7 Å². The van der Waals surface area contributed by atoms with Gasteiger partial charge >= 0.3 is 5.97 Å². The fourth-order valence-electron chi connectivity index (χ4n) is 6.96. The number of aliphatic carboxylic acids is 1. The van der Waals surface area contributed by atoms with Gasteiger partial charge in [0.2, 0.25) is 5.91 Å².